The van der Waals surface area contributed by atoms with Crippen molar-refractivity contribution < 1.29 is 13.2 Å². The molecule has 0 aliphatic carbocycles. The lowest BCUT2D eigenvalue weighted by molar-refractivity contribution is -0.113. The molecule has 0 aliphatic heterocycles. The zero-order chi connectivity index (χ0) is 20.1. The van der Waals surface area contributed by atoms with Crippen LogP contribution < -0.4 is 5.32 Å². The van der Waals surface area contributed by atoms with E-state index in [0.717, 1.165) is 5.65 Å². The van der Waals surface area contributed by atoms with Crippen LogP contribution in [0.25, 0.3) is 5.65 Å². The summed E-state index contributed by atoms with van der Waals surface area (Å²) < 4.78 is 28.2. The number of carbonyl (C=O) groups excluding carboxylic acids is 1. The first-order valence-corrected chi connectivity index (χ1v) is 11.2. The largest absolute Gasteiger partial charge is 0.325 e. The zero-order valence-corrected chi connectivity index (χ0v) is 17.2. The summed E-state index contributed by atoms with van der Waals surface area (Å²) in [5.41, 5.74) is 1.26. The van der Waals surface area contributed by atoms with Crippen LogP contribution in [0.15, 0.2) is 58.7 Å². The van der Waals surface area contributed by atoms with Gasteiger partial charge in [-0.2, -0.15) is 4.31 Å². The third kappa shape index (κ3) is 4.34. The SMILES string of the molecule is CCN(CC)S(=O)(=O)c1ccc(NC(=O)CSc2nnc3ccccn23)cc1. The summed E-state index contributed by atoms with van der Waals surface area (Å²) in [6.45, 7) is 4.41. The number of nitrogens with zero attached hydrogens (tertiary/aromatic N) is 4. The number of fused-ring (bicyclic) bond motifs is 1. The van der Waals surface area contributed by atoms with Gasteiger partial charge in [-0.1, -0.05) is 31.7 Å². The normalized spacial score (nSPS) is 11.8. The average Bonchev–Trinajstić information content (AvgIpc) is 3.11. The van der Waals surface area contributed by atoms with Gasteiger partial charge >= 0.3 is 0 Å². The Bertz CT molecular complexity index is 1060. The summed E-state index contributed by atoms with van der Waals surface area (Å²) in [6.07, 6.45) is 1.84. The first kappa shape index (κ1) is 20.3. The summed E-state index contributed by atoms with van der Waals surface area (Å²) in [4.78, 5) is 12.4. The maximum Gasteiger partial charge on any atom is 0.243 e. The van der Waals surface area contributed by atoms with Crippen molar-refractivity contribution in [2.45, 2.75) is 23.9 Å². The fourth-order valence-corrected chi connectivity index (χ4v) is 4.85. The van der Waals surface area contributed by atoms with Gasteiger partial charge in [0, 0.05) is 25.0 Å². The topological polar surface area (TPSA) is 96.7 Å². The van der Waals surface area contributed by atoms with Gasteiger partial charge in [-0.25, -0.2) is 8.42 Å². The molecule has 0 spiro atoms. The zero-order valence-electron chi connectivity index (χ0n) is 15.6. The molecule has 3 rings (SSSR count). The highest BCUT2D eigenvalue weighted by atomic mass is 32.2. The number of benzene rings is 1. The Balaban J connectivity index is 1.61. The molecule has 8 nitrogen and oxygen atoms in total. The van der Waals surface area contributed by atoms with Gasteiger partial charge in [-0.3, -0.25) is 9.20 Å². The van der Waals surface area contributed by atoms with E-state index in [9.17, 15) is 13.2 Å². The van der Waals surface area contributed by atoms with Crippen LogP contribution in [-0.4, -0.2) is 52.1 Å². The Morgan fingerprint density at radius 3 is 2.50 bits per heavy atom. The smallest absolute Gasteiger partial charge is 0.243 e. The number of amides is 1. The second-order valence-corrected chi connectivity index (χ2v) is 8.74. The van der Waals surface area contributed by atoms with Gasteiger partial charge in [0.25, 0.3) is 0 Å². The minimum absolute atomic E-state index is 0.162. The fourth-order valence-electron chi connectivity index (χ4n) is 2.67. The Hall–Kier alpha value is -2.43. The molecule has 1 N–H and O–H groups in total. The lowest BCUT2D eigenvalue weighted by Gasteiger charge is -2.18. The number of thioether (sulfide) groups is 1. The number of nitrogens with one attached hydrogen (secondary N) is 1. The molecular weight excluding hydrogens is 398 g/mol. The van der Waals surface area contributed by atoms with Gasteiger partial charge in [0.2, 0.25) is 15.9 Å². The molecular formula is C18H21N5O3S2. The van der Waals surface area contributed by atoms with Gasteiger partial charge in [-0.15, -0.1) is 10.2 Å². The molecule has 0 fully saturated rings. The summed E-state index contributed by atoms with van der Waals surface area (Å²) in [5.74, 6) is -0.0492. The lowest BCUT2D eigenvalue weighted by atomic mass is 10.3. The van der Waals surface area contributed by atoms with Crippen LogP contribution in [0, 0.1) is 0 Å². The average molecular weight is 420 g/mol. The van der Waals surface area contributed by atoms with Gasteiger partial charge in [0.05, 0.1) is 10.6 Å². The van der Waals surface area contributed by atoms with Crippen LogP contribution in [0.5, 0.6) is 0 Å². The van der Waals surface area contributed by atoms with E-state index >= 15 is 0 Å². The molecule has 1 aromatic carbocycles. The van der Waals surface area contributed by atoms with Crippen molar-refractivity contribution >= 4 is 39.0 Å². The second kappa shape index (κ2) is 8.72. The lowest BCUT2D eigenvalue weighted by Crippen LogP contribution is -2.30. The first-order chi connectivity index (χ1) is 13.5. The standard InChI is InChI=1S/C18H21N5O3S2/c1-3-22(4-2)28(25,26)15-10-8-14(9-11-15)19-17(24)13-27-18-21-20-16-7-5-6-12-23(16)18/h5-12H,3-4,13H2,1-2H3,(H,19,24). The summed E-state index contributed by atoms with van der Waals surface area (Å²) in [5, 5.41) is 11.5. The highest BCUT2D eigenvalue weighted by molar-refractivity contribution is 7.99. The minimum atomic E-state index is -3.51. The van der Waals surface area contributed by atoms with Crippen LogP contribution >= 0.6 is 11.8 Å². The molecule has 148 valence electrons. The molecule has 2 heterocycles. The molecule has 0 bridgehead atoms. The van der Waals surface area contributed by atoms with E-state index in [1.54, 1.807) is 26.0 Å². The Morgan fingerprint density at radius 2 is 1.82 bits per heavy atom. The number of rotatable bonds is 8. The number of anilines is 1. The Kier molecular flexibility index (Phi) is 6.32. The van der Waals surface area contributed by atoms with Crippen molar-refractivity contribution in [2.24, 2.45) is 0 Å². The number of hydrogen-bond acceptors (Lipinski definition) is 6. The van der Waals surface area contributed by atoms with E-state index in [-0.39, 0.29) is 16.6 Å². The third-order valence-corrected chi connectivity index (χ3v) is 7.10. The molecule has 0 atom stereocenters. The predicted molar refractivity (Wildman–Crippen MR) is 109 cm³/mol. The van der Waals surface area contributed by atoms with Gasteiger partial charge in [0.1, 0.15) is 0 Å². The van der Waals surface area contributed by atoms with E-state index in [0.29, 0.717) is 23.9 Å². The highest BCUT2D eigenvalue weighted by Gasteiger charge is 2.21. The summed E-state index contributed by atoms with van der Waals surface area (Å²) in [7, 11) is -3.51. The van der Waals surface area contributed by atoms with Crippen LogP contribution in [-0.2, 0) is 14.8 Å². The van der Waals surface area contributed by atoms with E-state index in [1.165, 1.54) is 28.2 Å². The maximum absolute atomic E-state index is 12.5. The molecule has 0 aliphatic rings. The molecule has 2 aromatic heterocycles. The number of aromatic nitrogens is 3. The Morgan fingerprint density at radius 1 is 1.11 bits per heavy atom. The summed E-state index contributed by atoms with van der Waals surface area (Å²) >= 11 is 1.28. The number of pyridine rings is 1. The third-order valence-electron chi connectivity index (χ3n) is 4.10. The number of sulfonamides is 1. The predicted octanol–water partition coefficient (Wildman–Crippen LogP) is 2.49. The van der Waals surface area contributed by atoms with Gasteiger partial charge < -0.3 is 5.32 Å². The van der Waals surface area contributed by atoms with Crippen molar-refractivity contribution in [1.29, 1.82) is 0 Å². The van der Waals surface area contributed by atoms with Crippen LogP contribution in [0.2, 0.25) is 0 Å². The fraction of sp³-hybridized carbons (Fsp3) is 0.278. The van der Waals surface area contributed by atoms with Crippen molar-refractivity contribution in [1.82, 2.24) is 18.9 Å². The van der Waals surface area contributed by atoms with E-state index in [4.69, 9.17) is 0 Å². The van der Waals surface area contributed by atoms with E-state index in [2.05, 4.69) is 15.5 Å². The van der Waals surface area contributed by atoms with Crippen molar-refractivity contribution in [2.75, 3.05) is 24.2 Å². The first-order valence-electron chi connectivity index (χ1n) is 8.78. The monoisotopic (exact) mass is 419 g/mol. The molecule has 0 unspecified atom stereocenters. The van der Waals surface area contributed by atoms with Crippen LogP contribution in [0.1, 0.15) is 13.8 Å². The quantitative estimate of drug-likeness (QED) is 0.564. The van der Waals surface area contributed by atoms with E-state index in [1.807, 2.05) is 28.8 Å². The van der Waals surface area contributed by atoms with Crippen molar-refractivity contribution in [3.63, 3.8) is 0 Å². The molecule has 1 amide bonds. The second-order valence-electron chi connectivity index (χ2n) is 5.86. The number of carbonyl (C=O) groups is 1. The van der Waals surface area contributed by atoms with Crippen LogP contribution in [0.3, 0.4) is 0 Å². The molecule has 0 saturated carbocycles. The summed E-state index contributed by atoms with van der Waals surface area (Å²) in [6, 6.07) is 11.8. The molecule has 28 heavy (non-hydrogen) atoms. The van der Waals surface area contributed by atoms with E-state index < -0.39 is 10.0 Å². The van der Waals surface area contributed by atoms with Crippen LogP contribution in [0.4, 0.5) is 5.69 Å². The molecule has 0 radical (unpaired) electrons. The molecule has 10 heteroatoms. The van der Waals surface area contributed by atoms with Gasteiger partial charge in [0.15, 0.2) is 10.8 Å². The highest BCUT2D eigenvalue weighted by Crippen LogP contribution is 2.20. The molecule has 0 saturated heterocycles. The number of hydrogen-bond donors (Lipinski definition) is 1. The Labute approximate surface area is 168 Å². The maximum atomic E-state index is 12.5. The minimum Gasteiger partial charge on any atom is -0.325 e. The van der Waals surface area contributed by atoms with Crippen molar-refractivity contribution in [3.8, 4) is 0 Å². The molecule has 3 aromatic rings. The van der Waals surface area contributed by atoms with Crippen molar-refractivity contribution in [3.05, 3.63) is 48.7 Å². The van der Waals surface area contributed by atoms with Gasteiger partial charge in [-0.05, 0) is 36.4 Å².